The van der Waals surface area contributed by atoms with Crippen LogP contribution in [0.4, 0.5) is 0 Å². The van der Waals surface area contributed by atoms with Gasteiger partial charge in [-0.1, -0.05) is 146 Å². The predicted octanol–water partition coefficient (Wildman–Crippen LogP) is 13.7. The second-order valence-electron chi connectivity index (χ2n) is 13.5. The molecule has 0 N–H and O–H groups in total. The molecular weight excluding hydrogens is 687 g/mol. The van der Waals surface area contributed by atoms with Crippen molar-refractivity contribution in [1.29, 1.82) is 0 Å². The summed E-state index contributed by atoms with van der Waals surface area (Å²) in [7, 11) is 0. The maximum absolute atomic E-state index is 9.58. The lowest BCUT2D eigenvalue weighted by molar-refractivity contribution is 0.668. The Hall–Kier alpha value is -7.63. The summed E-state index contributed by atoms with van der Waals surface area (Å²) >= 11 is 0. The molecular formula is C51H31N3O2. The lowest BCUT2D eigenvalue weighted by atomic mass is 9.98. The molecule has 5 heteroatoms. The molecule has 0 aliphatic rings. The van der Waals surface area contributed by atoms with Gasteiger partial charge in [-0.05, 0) is 75.7 Å². The summed E-state index contributed by atoms with van der Waals surface area (Å²) < 4.78 is 68.7. The van der Waals surface area contributed by atoms with Gasteiger partial charge in [0.25, 0.3) is 0 Å². The first-order valence-corrected chi connectivity index (χ1v) is 18.2. The maximum Gasteiger partial charge on any atom is 0.167 e. The van der Waals surface area contributed by atoms with Gasteiger partial charge >= 0.3 is 0 Å². The zero-order valence-electron chi connectivity index (χ0n) is 35.6. The molecule has 8 aromatic carbocycles. The van der Waals surface area contributed by atoms with Gasteiger partial charge < -0.3 is 8.83 Å². The summed E-state index contributed by atoms with van der Waals surface area (Å²) in [6.45, 7) is 0. The molecule has 0 fully saturated rings. The van der Waals surface area contributed by atoms with E-state index in [4.69, 9.17) is 26.5 Å². The Morgan fingerprint density at radius 2 is 0.929 bits per heavy atom. The van der Waals surface area contributed by atoms with E-state index in [-0.39, 0.29) is 86.8 Å². The summed E-state index contributed by atoms with van der Waals surface area (Å²) in [5.74, 6) is 0.476. The minimum Gasteiger partial charge on any atom is -0.456 e. The topological polar surface area (TPSA) is 65.0 Å². The molecule has 3 heterocycles. The third-order valence-electron chi connectivity index (χ3n) is 10.0. The second-order valence-corrected chi connectivity index (χ2v) is 13.5. The molecule has 11 aromatic rings. The van der Waals surface area contributed by atoms with Gasteiger partial charge in [-0.3, -0.25) is 0 Å². The third-order valence-corrected chi connectivity index (χ3v) is 10.0. The van der Waals surface area contributed by atoms with Crippen molar-refractivity contribution in [2.45, 2.75) is 0 Å². The summed E-state index contributed by atoms with van der Waals surface area (Å²) in [6.07, 6.45) is 0. The first-order chi connectivity index (χ1) is 30.2. The van der Waals surface area contributed by atoms with Crippen molar-refractivity contribution in [3.63, 3.8) is 0 Å². The summed E-state index contributed by atoms with van der Waals surface area (Å²) in [6, 6.07) is 46.8. The van der Waals surface area contributed by atoms with E-state index in [0.717, 1.165) is 33.0 Å². The van der Waals surface area contributed by atoms with E-state index in [9.17, 15) is 5.48 Å². The number of fused-ring (bicyclic) bond motifs is 6. The van der Waals surface area contributed by atoms with Crippen LogP contribution in [0.25, 0.3) is 111 Å². The molecule has 3 aromatic heterocycles. The molecule has 0 saturated heterocycles. The van der Waals surface area contributed by atoms with Crippen molar-refractivity contribution in [2.75, 3.05) is 0 Å². The van der Waals surface area contributed by atoms with Gasteiger partial charge in [0.1, 0.15) is 22.3 Å². The Kier molecular flexibility index (Phi) is 6.10. The highest BCUT2D eigenvalue weighted by Crippen LogP contribution is 2.38. The Balaban J connectivity index is 1.13. The molecule has 0 aliphatic heterocycles. The zero-order valence-corrected chi connectivity index (χ0v) is 29.6. The van der Waals surface area contributed by atoms with E-state index >= 15 is 0 Å². The highest BCUT2D eigenvalue weighted by molar-refractivity contribution is 6.09. The Labute approximate surface area is 330 Å². The van der Waals surface area contributed by atoms with E-state index in [2.05, 4.69) is 0 Å². The van der Waals surface area contributed by atoms with E-state index in [1.807, 2.05) is 146 Å². The second kappa shape index (κ2) is 13.0. The Bertz CT molecular complexity index is 3590. The molecule has 0 unspecified atom stereocenters. The molecule has 5 nitrogen and oxygen atoms in total. The number of benzene rings is 8. The van der Waals surface area contributed by atoms with Crippen molar-refractivity contribution in [2.24, 2.45) is 0 Å². The fraction of sp³-hybridized carbons (Fsp3) is 0. The monoisotopic (exact) mass is 723 g/mol. The average molecular weight is 724 g/mol. The van der Waals surface area contributed by atoms with Gasteiger partial charge in [0.15, 0.2) is 17.5 Å². The molecule has 262 valence electrons. The molecule has 0 bridgehead atoms. The van der Waals surface area contributed by atoms with Crippen LogP contribution in [0, 0.1) is 0 Å². The van der Waals surface area contributed by atoms with E-state index in [1.165, 1.54) is 0 Å². The zero-order chi connectivity index (χ0) is 42.2. The average Bonchev–Trinajstić information content (AvgIpc) is 3.92. The highest BCUT2D eigenvalue weighted by Gasteiger charge is 2.19. The quantitative estimate of drug-likeness (QED) is 0.171. The Morgan fingerprint density at radius 1 is 0.339 bits per heavy atom. The SMILES string of the molecule is [2H]c1c(-c2cccc(-c3ccccc3)c2)c([2H])c2c(oc3c([2H])c(-c4nc(-c5ccc(-c6ccccc6)cc5)nc(-c5cccc6c5oc5ccccc56)n4)c([2H])c([2H])c32)c1[2H]. The van der Waals surface area contributed by atoms with Crippen LogP contribution in [0.1, 0.15) is 8.22 Å². The van der Waals surface area contributed by atoms with Crippen molar-refractivity contribution < 1.29 is 17.1 Å². The van der Waals surface area contributed by atoms with Gasteiger partial charge in [0, 0.05) is 32.7 Å². The number of hydrogen-bond donors (Lipinski definition) is 0. The van der Waals surface area contributed by atoms with Crippen LogP contribution in [0.5, 0.6) is 0 Å². The highest BCUT2D eigenvalue weighted by atomic mass is 16.3. The van der Waals surface area contributed by atoms with Gasteiger partial charge in [0.2, 0.25) is 0 Å². The van der Waals surface area contributed by atoms with Crippen molar-refractivity contribution >= 4 is 43.9 Å². The van der Waals surface area contributed by atoms with E-state index in [1.54, 1.807) is 6.07 Å². The third kappa shape index (κ3) is 5.53. The number of hydrogen-bond acceptors (Lipinski definition) is 5. The van der Waals surface area contributed by atoms with Gasteiger partial charge in [0.05, 0.1) is 13.8 Å². The summed E-state index contributed by atoms with van der Waals surface area (Å²) in [5, 5.41) is 1.92. The van der Waals surface area contributed by atoms with Gasteiger partial charge in [-0.25, -0.2) is 15.0 Å². The van der Waals surface area contributed by atoms with Gasteiger partial charge in [-0.15, -0.1) is 0 Å². The molecule has 0 saturated carbocycles. The van der Waals surface area contributed by atoms with Crippen LogP contribution in [0.15, 0.2) is 197 Å². The summed E-state index contributed by atoms with van der Waals surface area (Å²) in [5.41, 5.74) is 6.80. The van der Waals surface area contributed by atoms with Crippen LogP contribution in [-0.4, -0.2) is 15.0 Å². The molecule has 0 atom stereocenters. The number of nitrogens with zero attached hydrogens (tertiary/aromatic N) is 3. The number of rotatable bonds is 6. The van der Waals surface area contributed by atoms with Crippen LogP contribution in [-0.2, 0) is 0 Å². The molecule has 0 radical (unpaired) electrons. The maximum atomic E-state index is 9.58. The van der Waals surface area contributed by atoms with Crippen molar-refractivity contribution in [1.82, 2.24) is 15.0 Å². The molecule has 11 rings (SSSR count). The summed E-state index contributed by atoms with van der Waals surface area (Å²) in [4.78, 5) is 14.7. The predicted molar refractivity (Wildman–Crippen MR) is 227 cm³/mol. The standard InChI is InChI=1S/C51H31N3O2/c1-3-11-32(12-4-1)34-21-23-35(24-22-34)49-52-50(54-51(53-49)43-19-10-18-42-40-17-7-8-20-45(40)56-48(42)43)39-25-27-41-44-30-38(26-28-46(44)55-47(41)31-39)37-16-9-15-36(29-37)33-13-5-2-6-14-33/h1-31H/i25D,26D,27D,28D,30D,31D. The number of para-hydroxylation sites is 2. The van der Waals surface area contributed by atoms with E-state index < -0.39 is 0 Å². The minimum atomic E-state index is -0.358. The number of furan rings is 2. The molecule has 0 amide bonds. The fourth-order valence-corrected chi connectivity index (χ4v) is 7.23. The molecule has 0 aliphatic carbocycles. The molecule has 0 spiro atoms. The Morgan fingerprint density at radius 3 is 1.73 bits per heavy atom. The lowest BCUT2D eigenvalue weighted by Crippen LogP contribution is -2.00. The van der Waals surface area contributed by atoms with Crippen LogP contribution >= 0.6 is 0 Å². The van der Waals surface area contributed by atoms with Crippen LogP contribution in [0.2, 0.25) is 0 Å². The van der Waals surface area contributed by atoms with Crippen molar-refractivity contribution in [3.05, 3.63) is 188 Å². The first-order valence-electron chi connectivity index (χ1n) is 21.2. The number of aromatic nitrogens is 3. The van der Waals surface area contributed by atoms with E-state index in [0.29, 0.717) is 27.9 Å². The molecule has 56 heavy (non-hydrogen) atoms. The largest absolute Gasteiger partial charge is 0.456 e. The minimum absolute atomic E-state index is 0.0344. The first kappa shape index (κ1) is 26.2. The van der Waals surface area contributed by atoms with Crippen molar-refractivity contribution in [3.8, 4) is 67.5 Å². The lowest BCUT2D eigenvalue weighted by Gasteiger charge is -2.09. The smallest absolute Gasteiger partial charge is 0.167 e. The van der Waals surface area contributed by atoms with Crippen LogP contribution in [0.3, 0.4) is 0 Å². The normalized spacial score (nSPS) is 13.1. The van der Waals surface area contributed by atoms with Crippen LogP contribution < -0.4 is 0 Å². The van der Waals surface area contributed by atoms with Gasteiger partial charge in [-0.2, -0.15) is 0 Å². The fourth-order valence-electron chi connectivity index (χ4n) is 7.23.